The van der Waals surface area contributed by atoms with Crippen LogP contribution in [0.4, 0.5) is 0 Å². The topological polar surface area (TPSA) is 30.3 Å². The van der Waals surface area contributed by atoms with Crippen molar-refractivity contribution in [3.63, 3.8) is 0 Å². The van der Waals surface area contributed by atoms with Gasteiger partial charge in [-0.25, -0.2) is 4.98 Å². The van der Waals surface area contributed by atoms with Crippen molar-refractivity contribution in [2.45, 2.75) is 52.0 Å². The third-order valence-electron chi connectivity index (χ3n) is 4.44. The van der Waals surface area contributed by atoms with Crippen LogP contribution < -0.4 is 4.74 Å². The number of aromatic nitrogens is 2. The smallest absolute Gasteiger partial charge is 0.121 e. The van der Waals surface area contributed by atoms with Crippen LogP contribution in [0.25, 0.3) is 11.0 Å². The standard InChI is InChI=1S/C19H31N3O/c1-4-5-6-7-8-9-12-21(2)13-14-22-16-20-18-11-10-17(23-3)15-19(18)22/h10-11,15-16H,4-9,12-14H2,1-3H3. The van der Waals surface area contributed by atoms with Gasteiger partial charge in [-0.2, -0.15) is 0 Å². The van der Waals surface area contributed by atoms with E-state index < -0.39 is 0 Å². The zero-order valence-corrected chi connectivity index (χ0v) is 14.9. The van der Waals surface area contributed by atoms with E-state index in [1.165, 1.54) is 45.1 Å². The lowest BCUT2D eigenvalue weighted by molar-refractivity contribution is 0.311. The Morgan fingerprint density at radius 2 is 1.87 bits per heavy atom. The molecule has 0 atom stereocenters. The summed E-state index contributed by atoms with van der Waals surface area (Å²) in [5.41, 5.74) is 2.18. The monoisotopic (exact) mass is 317 g/mol. The lowest BCUT2D eigenvalue weighted by atomic mass is 10.1. The summed E-state index contributed by atoms with van der Waals surface area (Å²) in [6, 6.07) is 6.05. The highest BCUT2D eigenvalue weighted by molar-refractivity contribution is 5.77. The molecule has 4 heteroatoms. The number of benzene rings is 1. The van der Waals surface area contributed by atoms with Gasteiger partial charge in [0.05, 0.1) is 24.5 Å². The second-order valence-electron chi connectivity index (χ2n) is 6.36. The summed E-state index contributed by atoms with van der Waals surface area (Å²) in [5, 5.41) is 0. The fourth-order valence-corrected chi connectivity index (χ4v) is 2.89. The highest BCUT2D eigenvalue weighted by Gasteiger charge is 2.05. The summed E-state index contributed by atoms with van der Waals surface area (Å²) < 4.78 is 7.53. The van der Waals surface area contributed by atoms with Crippen molar-refractivity contribution in [2.24, 2.45) is 0 Å². The number of hydrogen-bond acceptors (Lipinski definition) is 3. The summed E-state index contributed by atoms with van der Waals surface area (Å²) in [5.74, 6) is 0.889. The lowest BCUT2D eigenvalue weighted by Crippen LogP contribution is -2.24. The number of methoxy groups -OCH3 is 1. The normalized spacial score (nSPS) is 11.5. The average Bonchev–Trinajstić information content (AvgIpc) is 2.98. The van der Waals surface area contributed by atoms with Gasteiger partial charge in [-0.15, -0.1) is 0 Å². The van der Waals surface area contributed by atoms with Crippen LogP contribution in [-0.4, -0.2) is 41.7 Å². The number of fused-ring (bicyclic) bond motifs is 1. The molecule has 2 rings (SSSR count). The van der Waals surface area contributed by atoms with Gasteiger partial charge in [-0.1, -0.05) is 39.0 Å². The van der Waals surface area contributed by atoms with Gasteiger partial charge in [0.15, 0.2) is 0 Å². The molecule has 23 heavy (non-hydrogen) atoms. The maximum atomic E-state index is 5.31. The van der Waals surface area contributed by atoms with E-state index >= 15 is 0 Å². The molecular formula is C19H31N3O. The van der Waals surface area contributed by atoms with Crippen molar-refractivity contribution in [3.05, 3.63) is 24.5 Å². The average molecular weight is 317 g/mol. The molecule has 1 heterocycles. The van der Waals surface area contributed by atoms with E-state index in [9.17, 15) is 0 Å². The van der Waals surface area contributed by atoms with Crippen LogP contribution in [0.3, 0.4) is 0 Å². The minimum atomic E-state index is 0.889. The zero-order valence-electron chi connectivity index (χ0n) is 14.9. The predicted octanol–water partition coefficient (Wildman–Crippen LogP) is 4.34. The Balaban J connectivity index is 1.75. The van der Waals surface area contributed by atoms with Crippen molar-refractivity contribution >= 4 is 11.0 Å². The highest BCUT2D eigenvalue weighted by Crippen LogP contribution is 2.19. The molecule has 0 aliphatic heterocycles. The molecule has 0 radical (unpaired) electrons. The van der Waals surface area contributed by atoms with Crippen LogP contribution in [-0.2, 0) is 6.54 Å². The molecule has 1 aromatic heterocycles. The van der Waals surface area contributed by atoms with Gasteiger partial charge in [0.25, 0.3) is 0 Å². The molecule has 0 saturated carbocycles. The highest BCUT2D eigenvalue weighted by atomic mass is 16.5. The van der Waals surface area contributed by atoms with Gasteiger partial charge in [0.1, 0.15) is 5.75 Å². The van der Waals surface area contributed by atoms with Gasteiger partial charge in [0, 0.05) is 19.2 Å². The third-order valence-corrected chi connectivity index (χ3v) is 4.44. The quantitative estimate of drug-likeness (QED) is 0.578. The van der Waals surface area contributed by atoms with Gasteiger partial charge < -0.3 is 14.2 Å². The van der Waals surface area contributed by atoms with Gasteiger partial charge in [0.2, 0.25) is 0 Å². The SMILES string of the molecule is CCCCCCCCN(C)CCn1cnc2ccc(OC)cc21. The molecule has 2 aromatic rings. The van der Waals surface area contributed by atoms with Crippen molar-refractivity contribution in [2.75, 3.05) is 27.2 Å². The van der Waals surface area contributed by atoms with E-state index in [-0.39, 0.29) is 0 Å². The third kappa shape index (κ3) is 5.54. The molecular weight excluding hydrogens is 286 g/mol. The second kappa shape index (κ2) is 9.56. The number of unbranched alkanes of at least 4 members (excludes halogenated alkanes) is 5. The number of ether oxygens (including phenoxy) is 1. The maximum Gasteiger partial charge on any atom is 0.121 e. The van der Waals surface area contributed by atoms with Gasteiger partial charge in [-0.05, 0) is 32.1 Å². The Morgan fingerprint density at radius 1 is 1.09 bits per heavy atom. The van der Waals surface area contributed by atoms with E-state index in [0.29, 0.717) is 0 Å². The fraction of sp³-hybridized carbons (Fsp3) is 0.632. The van der Waals surface area contributed by atoms with Gasteiger partial charge >= 0.3 is 0 Å². The molecule has 0 saturated heterocycles. The Hall–Kier alpha value is -1.55. The fourth-order valence-electron chi connectivity index (χ4n) is 2.89. The molecule has 0 spiro atoms. The summed E-state index contributed by atoms with van der Waals surface area (Å²) >= 11 is 0. The molecule has 0 aliphatic rings. The molecule has 0 amide bonds. The number of nitrogens with zero attached hydrogens (tertiary/aromatic N) is 3. The maximum absolute atomic E-state index is 5.31. The largest absolute Gasteiger partial charge is 0.497 e. The van der Waals surface area contributed by atoms with Crippen LogP contribution in [0.5, 0.6) is 5.75 Å². The molecule has 0 aliphatic carbocycles. The summed E-state index contributed by atoms with van der Waals surface area (Å²) in [4.78, 5) is 6.89. The number of likely N-dealkylation sites (N-methyl/N-ethyl adjacent to an activating group) is 1. The lowest BCUT2D eigenvalue weighted by Gasteiger charge is -2.17. The Bertz CT molecular complexity index is 579. The summed E-state index contributed by atoms with van der Waals surface area (Å²) in [6.07, 6.45) is 10.1. The van der Waals surface area contributed by atoms with Crippen molar-refractivity contribution in [3.8, 4) is 5.75 Å². The van der Waals surface area contributed by atoms with E-state index in [1.54, 1.807) is 7.11 Å². The first-order chi connectivity index (χ1) is 11.2. The molecule has 128 valence electrons. The Labute approximate surface area is 140 Å². The van der Waals surface area contributed by atoms with Crippen LogP contribution >= 0.6 is 0 Å². The van der Waals surface area contributed by atoms with Crippen molar-refractivity contribution in [1.29, 1.82) is 0 Å². The first-order valence-corrected chi connectivity index (χ1v) is 8.92. The molecule has 0 fully saturated rings. The Morgan fingerprint density at radius 3 is 2.65 bits per heavy atom. The molecule has 0 unspecified atom stereocenters. The minimum absolute atomic E-state index is 0.889. The zero-order chi connectivity index (χ0) is 16.5. The van der Waals surface area contributed by atoms with Crippen LogP contribution in [0.2, 0.25) is 0 Å². The molecule has 0 N–H and O–H groups in total. The number of imidazole rings is 1. The molecule has 1 aromatic carbocycles. The van der Waals surface area contributed by atoms with Gasteiger partial charge in [-0.3, -0.25) is 0 Å². The van der Waals surface area contributed by atoms with Crippen LogP contribution in [0.15, 0.2) is 24.5 Å². The predicted molar refractivity (Wildman–Crippen MR) is 97.2 cm³/mol. The van der Waals surface area contributed by atoms with Crippen LogP contribution in [0.1, 0.15) is 45.4 Å². The summed E-state index contributed by atoms with van der Waals surface area (Å²) in [7, 11) is 3.92. The summed E-state index contributed by atoms with van der Waals surface area (Å²) in [6.45, 7) is 5.47. The first-order valence-electron chi connectivity index (χ1n) is 8.92. The molecule has 4 nitrogen and oxygen atoms in total. The molecule has 0 bridgehead atoms. The van der Waals surface area contributed by atoms with Crippen molar-refractivity contribution < 1.29 is 4.74 Å². The Kier molecular flexibility index (Phi) is 7.40. The number of rotatable bonds is 11. The second-order valence-corrected chi connectivity index (χ2v) is 6.36. The number of hydrogen-bond donors (Lipinski definition) is 0. The van der Waals surface area contributed by atoms with Crippen molar-refractivity contribution in [1.82, 2.24) is 14.5 Å². The van der Waals surface area contributed by atoms with Crippen LogP contribution in [0, 0.1) is 0 Å². The van der Waals surface area contributed by atoms with E-state index in [0.717, 1.165) is 29.9 Å². The van der Waals surface area contributed by atoms with E-state index in [1.807, 2.05) is 18.5 Å². The minimum Gasteiger partial charge on any atom is -0.497 e. The van der Waals surface area contributed by atoms with E-state index in [4.69, 9.17) is 4.74 Å². The van der Waals surface area contributed by atoms with E-state index in [2.05, 4.69) is 34.5 Å². The first kappa shape index (κ1) is 17.8.